The second-order valence-corrected chi connectivity index (χ2v) is 6.91. The lowest BCUT2D eigenvalue weighted by Gasteiger charge is -2.17. The van der Waals surface area contributed by atoms with Crippen LogP contribution in [0.3, 0.4) is 0 Å². The van der Waals surface area contributed by atoms with Gasteiger partial charge in [-0.25, -0.2) is 18.2 Å². The minimum absolute atomic E-state index is 0.0293. The first-order chi connectivity index (χ1) is 14.4. The highest BCUT2D eigenvalue weighted by molar-refractivity contribution is 6.00. The molecular formula is C21H17F3N4O2. The highest BCUT2D eigenvalue weighted by atomic mass is 19.3. The lowest BCUT2D eigenvalue weighted by molar-refractivity contribution is 0.0718. The van der Waals surface area contributed by atoms with Gasteiger partial charge in [-0.1, -0.05) is 12.1 Å². The second kappa shape index (κ2) is 8.10. The van der Waals surface area contributed by atoms with E-state index in [9.17, 15) is 18.0 Å². The van der Waals surface area contributed by atoms with Gasteiger partial charge < -0.3 is 9.64 Å². The van der Waals surface area contributed by atoms with Gasteiger partial charge in [-0.3, -0.25) is 4.79 Å². The molecule has 0 radical (unpaired) electrons. The van der Waals surface area contributed by atoms with Gasteiger partial charge >= 0.3 is 0 Å². The van der Waals surface area contributed by atoms with Crippen LogP contribution in [-0.2, 0) is 13.1 Å². The maximum Gasteiger partial charge on any atom is 0.272 e. The van der Waals surface area contributed by atoms with E-state index in [-0.39, 0.29) is 24.5 Å². The van der Waals surface area contributed by atoms with Crippen molar-refractivity contribution in [3.63, 3.8) is 0 Å². The monoisotopic (exact) mass is 414 g/mol. The van der Waals surface area contributed by atoms with Gasteiger partial charge in [0, 0.05) is 30.4 Å². The smallest absolute Gasteiger partial charge is 0.272 e. The van der Waals surface area contributed by atoms with E-state index in [4.69, 9.17) is 4.74 Å². The van der Waals surface area contributed by atoms with E-state index in [1.807, 2.05) is 0 Å². The summed E-state index contributed by atoms with van der Waals surface area (Å²) in [6.07, 6.45) is 0.272. The zero-order valence-electron chi connectivity index (χ0n) is 16.0. The molecule has 0 unspecified atom stereocenters. The number of ether oxygens (including phenoxy) is 1. The normalized spacial score (nSPS) is 13.1. The van der Waals surface area contributed by atoms with Crippen molar-refractivity contribution in [3.05, 3.63) is 70.9 Å². The Hall–Kier alpha value is -3.49. The number of rotatable bonds is 6. The lowest BCUT2D eigenvalue weighted by Crippen LogP contribution is -2.24. The molecule has 3 aromatic rings. The third kappa shape index (κ3) is 3.96. The topological polar surface area (TPSA) is 68.2 Å². The summed E-state index contributed by atoms with van der Waals surface area (Å²) in [5.41, 5.74) is 3.20. The van der Waals surface area contributed by atoms with Crippen molar-refractivity contribution in [2.75, 3.05) is 6.61 Å². The van der Waals surface area contributed by atoms with Crippen LogP contribution >= 0.6 is 0 Å². The first-order valence-electron chi connectivity index (χ1n) is 9.18. The Morgan fingerprint density at radius 1 is 1.20 bits per heavy atom. The minimum Gasteiger partial charge on any atom is -0.471 e. The molecule has 0 saturated heterocycles. The molecule has 0 bridgehead atoms. The first-order valence-corrected chi connectivity index (χ1v) is 9.18. The number of aryl methyl sites for hydroxylation is 1. The fourth-order valence-electron chi connectivity index (χ4n) is 3.35. The number of hydrogen-bond donors (Lipinski definition) is 0. The third-order valence-corrected chi connectivity index (χ3v) is 4.74. The predicted molar refractivity (Wildman–Crippen MR) is 101 cm³/mol. The molecular weight excluding hydrogens is 397 g/mol. The highest BCUT2D eigenvalue weighted by Crippen LogP contribution is 2.31. The Balaban J connectivity index is 1.54. The zero-order valence-corrected chi connectivity index (χ0v) is 16.0. The van der Waals surface area contributed by atoms with Crippen LogP contribution in [0.4, 0.5) is 13.2 Å². The van der Waals surface area contributed by atoms with Crippen molar-refractivity contribution in [1.82, 2.24) is 20.1 Å². The molecule has 0 spiro atoms. The predicted octanol–water partition coefficient (Wildman–Crippen LogP) is 3.79. The van der Waals surface area contributed by atoms with Gasteiger partial charge in [0.05, 0.1) is 11.9 Å². The molecule has 154 valence electrons. The summed E-state index contributed by atoms with van der Waals surface area (Å²) in [4.78, 5) is 18.1. The summed E-state index contributed by atoms with van der Waals surface area (Å²) < 4.78 is 44.6. The number of fused-ring (bicyclic) bond motifs is 1. The largest absolute Gasteiger partial charge is 0.471 e. The molecule has 0 N–H and O–H groups in total. The molecule has 1 aliphatic heterocycles. The van der Waals surface area contributed by atoms with Crippen LogP contribution in [-0.4, -0.2) is 39.0 Å². The summed E-state index contributed by atoms with van der Waals surface area (Å²) >= 11 is 0. The lowest BCUT2D eigenvalue weighted by atomic mass is 10.0. The summed E-state index contributed by atoms with van der Waals surface area (Å²) in [7, 11) is 0. The summed E-state index contributed by atoms with van der Waals surface area (Å²) in [6.45, 7) is 1.19. The molecule has 0 saturated carbocycles. The Kier molecular flexibility index (Phi) is 5.35. The van der Waals surface area contributed by atoms with Crippen molar-refractivity contribution in [2.24, 2.45) is 0 Å². The van der Waals surface area contributed by atoms with E-state index in [1.165, 1.54) is 17.2 Å². The number of carbonyl (C=O) groups is 1. The standard InChI is InChI=1S/C21H17F3N4O2/c1-12-6-16(8-26-27-12)13-2-3-14(17(22)7-13)9-28-10-15-4-5-25-20(19(15)21(28)29)30-11-18(23)24/h2-8,18H,9-11H2,1H3. The Bertz CT molecular complexity index is 1110. The van der Waals surface area contributed by atoms with Crippen LogP contribution in [0.1, 0.15) is 27.2 Å². The van der Waals surface area contributed by atoms with Crippen molar-refractivity contribution in [1.29, 1.82) is 0 Å². The van der Waals surface area contributed by atoms with Gasteiger partial charge in [-0.05, 0) is 36.2 Å². The molecule has 1 aromatic carbocycles. The van der Waals surface area contributed by atoms with Crippen LogP contribution in [0.25, 0.3) is 11.1 Å². The molecule has 0 atom stereocenters. The van der Waals surface area contributed by atoms with E-state index < -0.39 is 24.8 Å². The quantitative estimate of drug-likeness (QED) is 0.614. The van der Waals surface area contributed by atoms with Gasteiger partial charge in [-0.2, -0.15) is 10.2 Å². The Morgan fingerprint density at radius 2 is 2.03 bits per heavy atom. The van der Waals surface area contributed by atoms with E-state index in [1.54, 1.807) is 37.4 Å². The van der Waals surface area contributed by atoms with Gasteiger partial charge in [0.1, 0.15) is 11.4 Å². The van der Waals surface area contributed by atoms with Crippen LogP contribution < -0.4 is 4.74 Å². The van der Waals surface area contributed by atoms with E-state index >= 15 is 0 Å². The zero-order chi connectivity index (χ0) is 21.3. The molecule has 30 heavy (non-hydrogen) atoms. The number of pyridine rings is 1. The number of alkyl halides is 2. The first kappa shape index (κ1) is 19.8. The maximum atomic E-state index is 14.7. The third-order valence-electron chi connectivity index (χ3n) is 4.74. The van der Waals surface area contributed by atoms with Crippen LogP contribution in [0, 0.1) is 12.7 Å². The molecule has 1 aliphatic rings. The fraction of sp³-hybridized carbons (Fsp3) is 0.238. The molecule has 3 heterocycles. The van der Waals surface area contributed by atoms with Gasteiger partial charge in [-0.15, -0.1) is 0 Å². The van der Waals surface area contributed by atoms with E-state index in [0.717, 1.165) is 11.3 Å². The molecule has 0 aliphatic carbocycles. The van der Waals surface area contributed by atoms with Gasteiger partial charge in [0.25, 0.3) is 12.3 Å². The maximum absolute atomic E-state index is 14.7. The number of nitrogens with zero attached hydrogens (tertiary/aromatic N) is 4. The van der Waals surface area contributed by atoms with Crippen LogP contribution in [0.15, 0.2) is 42.7 Å². The highest BCUT2D eigenvalue weighted by Gasteiger charge is 2.32. The number of benzene rings is 1. The Labute approximate surface area is 170 Å². The molecule has 2 aromatic heterocycles. The number of amides is 1. The Morgan fingerprint density at radius 3 is 2.77 bits per heavy atom. The molecule has 9 heteroatoms. The van der Waals surface area contributed by atoms with Crippen molar-refractivity contribution < 1.29 is 22.7 Å². The molecule has 0 fully saturated rings. The number of aromatic nitrogens is 3. The van der Waals surface area contributed by atoms with Crippen molar-refractivity contribution >= 4 is 5.91 Å². The summed E-state index contributed by atoms with van der Waals surface area (Å²) in [5, 5.41) is 7.76. The molecule has 6 nitrogen and oxygen atoms in total. The van der Waals surface area contributed by atoms with Crippen LogP contribution in [0.5, 0.6) is 5.88 Å². The average molecular weight is 414 g/mol. The van der Waals surface area contributed by atoms with Gasteiger partial charge in [0.15, 0.2) is 6.61 Å². The number of hydrogen-bond acceptors (Lipinski definition) is 5. The second-order valence-electron chi connectivity index (χ2n) is 6.91. The van der Waals surface area contributed by atoms with Gasteiger partial charge in [0.2, 0.25) is 5.88 Å². The van der Waals surface area contributed by atoms with Crippen molar-refractivity contribution in [2.45, 2.75) is 26.4 Å². The van der Waals surface area contributed by atoms with E-state index in [0.29, 0.717) is 16.7 Å². The molecule has 4 rings (SSSR count). The SMILES string of the molecule is Cc1cc(-c2ccc(CN3Cc4ccnc(OCC(F)F)c4C3=O)c(F)c2)cnn1. The molecule has 1 amide bonds. The summed E-state index contributed by atoms with van der Waals surface area (Å²) in [6, 6.07) is 8.18. The number of halogens is 3. The van der Waals surface area contributed by atoms with Crippen molar-refractivity contribution in [3.8, 4) is 17.0 Å². The fourth-order valence-corrected chi connectivity index (χ4v) is 3.35. The number of carbonyl (C=O) groups excluding carboxylic acids is 1. The minimum atomic E-state index is -2.68. The van der Waals surface area contributed by atoms with E-state index in [2.05, 4.69) is 15.2 Å². The average Bonchev–Trinajstić information content (AvgIpc) is 3.04. The summed E-state index contributed by atoms with van der Waals surface area (Å²) in [5.74, 6) is -1.02. The van der Waals surface area contributed by atoms with Crippen LogP contribution in [0.2, 0.25) is 0 Å².